The van der Waals surface area contributed by atoms with E-state index in [4.69, 9.17) is 9.47 Å². The zero-order chi connectivity index (χ0) is 15.9. The molecule has 1 aliphatic rings. The minimum Gasteiger partial charge on any atom is -0.497 e. The second-order valence-electron chi connectivity index (χ2n) is 5.83. The number of rotatable bonds is 2. The van der Waals surface area contributed by atoms with Crippen LogP contribution < -0.4 is 4.74 Å². The second-order valence-corrected chi connectivity index (χ2v) is 5.83. The molecule has 0 fully saturated rings. The van der Waals surface area contributed by atoms with E-state index < -0.39 is 11.4 Å². The van der Waals surface area contributed by atoms with Crippen molar-refractivity contribution in [3.63, 3.8) is 0 Å². The van der Waals surface area contributed by atoms with Crippen LogP contribution in [0.15, 0.2) is 30.3 Å². The number of benzene rings is 2. The van der Waals surface area contributed by atoms with Crippen molar-refractivity contribution in [3.8, 4) is 5.75 Å². The Morgan fingerprint density at radius 3 is 2.64 bits per heavy atom. The second kappa shape index (κ2) is 5.13. The van der Waals surface area contributed by atoms with Crippen LogP contribution in [0.2, 0.25) is 0 Å². The maximum atomic E-state index is 12.8. The molecule has 0 saturated heterocycles. The number of carbonyl (C=O) groups is 2. The van der Waals surface area contributed by atoms with Crippen molar-refractivity contribution in [2.75, 3.05) is 14.2 Å². The maximum Gasteiger partial charge on any atom is 0.319 e. The molecular weight excluding hydrogens is 280 g/mol. The monoisotopic (exact) mass is 298 g/mol. The molecule has 4 heteroatoms. The van der Waals surface area contributed by atoms with Gasteiger partial charge in [0.05, 0.1) is 14.2 Å². The summed E-state index contributed by atoms with van der Waals surface area (Å²) in [5, 5.41) is 2.08. The van der Waals surface area contributed by atoms with Crippen LogP contribution in [0, 0.1) is 5.41 Å². The van der Waals surface area contributed by atoms with E-state index in [1.807, 2.05) is 24.3 Å². The van der Waals surface area contributed by atoms with Crippen LogP contribution in [0.5, 0.6) is 5.75 Å². The van der Waals surface area contributed by atoms with E-state index >= 15 is 0 Å². The summed E-state index contributed by atoms with van der Waals surface area (Å²) in [6.07, 6.45) is 1.15. The van der Waals surface area contributed by atoms with Crippen LogP contribution in [-0.4, -0.2) is 26.0 Å². The lowest BCUT2D eigenvalue weighted by Crippen LogP contribution is -2.41. The maximum absolute atomic E-state index is 12.8. The molecule has 0 bridgehead atoms. The number of fused-ring (bicyclic) bond motifs is 3. The zero-order valence-electron chi connectivity index (χ0n) is 12.9. The fourth-order valence-electron chi connectivity index (χ4n) is 3.19. The van der Waals surface area contributed by atoms with Crippen molar-refractivity contribution < 1.29 is 19.1 Å². The Kier molecular flexibility index (Phi) is 3.39. The number of Topliss-reactive ketones (excluding diaryl/α,β-unsaturated/α-hetero) is 1. The van der Waals surface area contributed by atoms with Gasteiger partial charge in [0, 0.05) is 5.56 Å². The van der Waals surface area contributed by atoms with E-state index in [9.17, 15) is 9.59 Å². The van der Waals surface area contributed by atoms with Gasteiger partial charge in [0.1, 0.15) is 11.2 Å². The minimum atomic E-state index is -1.08. The largest absolute Gasteiger partial charge is 0.497 e. The van der Waals surface area contributed by atoms with Gasteiger partial charge in [-0.25, -0.2) is 0 Å². The first-order chi connectivity index (χ1) is 10.5. The number of aryl methyl sites for hydroxylation is 1. The van der Waals surface area contributed by atoms with E-state index in [0.29, 0.717) is 18.4 Å². The highest BCUT2D eigenvalue weighted by molar-refractivity contribution is 6.15. The zero-order valence-corrected chi connectivity index (χ0v) is 12.9. The number of ketones is 1. The Labute approximate surface area is 129 Å². The van der Waals surface area contributed by atoms with Crippen molar-refractivity contribution >= 4 is 22.5 Å². The molecule has 0 amide bonds. The van der Waals surface area contributed by atoms with E-state index in [2.05, 4.69) is 0 Å². The molecule has 1 unspecified atom stereocenters. The molecule has 0 spiro atoms. The van der Waals surface area contributed by atoms with Gasteiger partial charge in [-0.3, -0.25) is 9.59 Å². The molecule has 0 aromatic heterocycles. The van der Waals surface area contributed by atoms with Gasteiger partial charge in [-0.05, 0) is 48.2 Å². The predicted molar refractivity (Wildman–Crippen MR) is 83.3 cm³/mol. The molecule has 22 heavy (non-hydrogen) atoms. The summed E-state index contributed by atoms with van der Waals surface area (Å²) in [6.45, 7) is 1.67. The highest BCUT2D eigenvalue weighted by Crippen LogP contribution is 2.39. The Hall–Kier alpha value is -2.36. The smallest absolute Gasteiger partial charge is 0.319 e. The average Bonchev–Trinajstić information content (AvgIpc) is 2.56. The van der Waals surface area contributed by atoms with Gasteiger partial charge < -0.3 is 9.47 Å². The molecule has 1 atom stereocenters. The third-order valence-corrected chi connectivity index (χ3v) is 4.60. The van der Waals surface area contributed by atoms with Gasteiger partial charge in [-0.15, -0.1) is 0 Å². The molecule has 1 aliphatic carbocycles. The van der Waals surface area contributed by atoms with Crippen LogP contribution >= 0.6 is 0 Å². The first-order valence-electron chi connectivity index (χ1n) is 7.24. The highest BCUT2D eigenvalue weighted by Gasteiger charge is 2.45. The SMILES string of the molecule is COC(=O)C1(C)CCc2c(ccc3cc(OC)ccc23)C1=O. The lowest BCUT2D eigenvalue weighted by molar-refractivity contribution is -0.149. The van der Waals surface area contributed by atoms with Crippen molar-refractivity contribution in [1.82, 2.24) is 0 Å². The molecule has 3 rings (SSSR count). The Morgan fingerprint density at radius 1 is 1.18 bits per heavy atom. The van der Waals surface area contributed by atoms with Crippen molar-refractivity contribution in [2.45, 2.75) is 19.8 Å². The lowest BCUT2D eigenvalue weighted by atomic mass is 9.71. The first kappa shape index (κ1) is 14.6. The van der Waals surface area contributed by atoms with Crippen LogP contribution in [0.25, 0.3) is 10.8 Å². The number of hydrogen-bond acceptors (Lipinski definition) is 4. The standard InChI is InChI=1S/C18H18O4/c1-18(17(20)22-3)9-8-14-13-7-5-12(21-2)10-11(13)4-6-15(14)16(18)19/h4-7,10H,8-9H2,1-3H3. The summed E-state index contributed by atoms with van der Waals surface area (Å²) in [7, 11) is 2.95. The van der Waals surface area contributed by atoms with Crippen molar-refractivity contribution in [3.05, 3.63) is 41.5 Å². The van der Waals surface area contributed by atoms with Crippen LogP contribution in [0.1, 0.15) is 29.3 Å². The highest BCUT2D eigenvalue weighted by atomic mass is 16.5. The minimum absolute atomic E-state index is 0.154. The van der Waals surface area contributed by atoms with Crippen LogP contribution in [0.3, 0.4) is 0 Å². The molecule has 0 heterocycles. The van der Waals surface area contributed by atoms with Gasteiger partial charge >= 0.3 is 5.97 Å². The lowest BCUT2D eigenvalue weighted by Gasteiger charge is -2.31. The summed E-state index contributed by atoms with van der Waals surface area (Å²) in [5.41, 5.74) is 0.547. The molecular formula is C18H18O4. The first-order valence-corrected chi connectivity index (χ1v) is 7.24. The van der Waals surface area contributed by atoms with Gasteiger partial charge in [0.25, 0.3) is 0 Å². The van der Waals surface area contributed by atoms with Crippen molar-refractivity contribution in [1.29, 1.82) is 0 Å². The third-order valence-electron chi connectivity index (χ3n) is 4.60. The molecule has 4 nitrogen and oxygen atoms in total. The Bertz CT molecular complexity index is 778. The Balaban J connectivity index is 2.15. The fourth-order valence-corrected chi connectivity index (χ4v) is 3.19. The molecule has 0 saturated carbocycles. The normalized spacial score (nSPS) is 20.6. The summed E-state index contributed by atoms with van der Waals surface area (Å²) in [4.78, 5) is 24.8. The van der Waals surface area contributed by atoms with Gasteiger partial charge in [0.15, 0.2) is 5.78 Å². The number of hydrogen-bond donors (Lipinski definition) is 0. The van der Waals surface area contributed by atoms with Gasteiger partial charge in [-0.2, -0.15) is 0 Å². The number of methoxy groups -OCH3 is 2. The predicted octanol–water partition coefficient (Wildman–Crippen LogP) is 3.16. The molecule has 2 aromatic carbocycles. The molecule has 0 radical (unpaired) electrons. The van der Waals surface area contributed by atoms with E-state index in [0.717, 1.165) is 22.1 Å². The number of ether oxygens (including phenoxy) is 2. The number of carbonyl (C=O) groups excluding carboxylic acids is 2. The van der Waals surface area contributed by atoms with Crippen LogP contribution in [0.4, 0.5) is 0 Å². The van der Waals surface area contributed by atoms with Gasteiger partial charge in [0.2, 0.25) is 0 Å². The van der Waals surface area contributed by atoms with E-state index in [1.54, 1.807) is 20.1 Å². The number of esters is 1. The summed E-state index contributed by atoms with van der Waals surface area (Å²) in [6, 6.07) is 9.52. The summed E-state index contributed by atoms with van der Waals surface area (Å²) in [5.74, 6) is 0.172. The van der Waals surface area contributed by atoms with Crippen molar-refractivity contribution in [2.24, 2.45) is 5.41 Å². The topological polar surface area (TPSA) is 52.6 Å². The van der Waals surface area contributed by atoms with E-state index in [1.165, 1.54) is 7.11 Å². The summed E-state index contributed by atoms with van der Waals surface area (Å²) >= 11 is 0. The fraction of sp³-hybridized carbons (Fsp3) is 0.333. The van der Waals surface area contributed by atoms with Crippen LogP contribution in [-0.2, 0) is 16.0 Å². The third kappa shape index (κ3) is 1.98. The van der Waals surface area contributed by atoms with E-state index in [-0.39, 0.29) is 5.78 Å². The Morgan fingerprint density at radius 2 is 1.95 bits per heavy atom. The quantitative estimate of drug-likeness (QED) is 0.631. The summed E-state index contributed by atoms with van der Waals surface area (Å²) < 4.78 is 10.1. The van der Waals surface area contributed by atoms with Gasteiger partial charge in [-0.1, -0.05) is 18.2 Å². The molecule has 2 aromatic rings. The molecule has 0 N–H and O–H groups in total. The average molecular weight is 298 g/mol. The molecule has 114 valence electrons. The molecule has 0 aliphatic heterocycles.